The molecule has 1 spiro atoms. The number of anilines is 3. The number of nitrogens with zero attached hydrogens (tertiary/aromatic N) is 2. The van der Waals surface area contributed by atoms with Crippen molar-refractivity contribution in [1.29, 1.82) is 0 Å². The number of aryl methyl sites for hydroxylation is 1. The van der Waals surface area contributed by atoms with Gasteiger partial charge in [-0.25, -0.2) is 8.42 Å². The van der Waals surface area contributed by atoms with Crippen LogP contribution in [0.5, 0.6) is 0 Å². The van der Waals surface area contributed by atoms with Crippen molar-refractivity contribution in [1.82, 2.24) is 0 Å². The van der Waals surface area contributed by atoms with E-state index in [0.29, 0.717) is 35.5 Å². The molecule has 0 radical (unpaired) electrons. The van der Waals surface area contributed by atoms with Crippen molar-refractivity contribution in [3.8, 4) is 0 Å². The van der Waals surface area contributed by atoms with Crippen molar-refractivity contribution in [3.05, 3.63) is 54.1 Å². The van der Waals surface area contributed by atoms with Gasteiger partial charge in [-0.15, -0.1) is 0 Å². The molecule has 1 fully saturated rings. The zero-order chi connectivity index (χ0) is 24.5. The highest BCUT2D eigenvalue weighted by Crippen LogP contribution is 2.45. The summed E-state index contributed by atoms with van der Waals surface area (Å²) in [6.45, 7) is 0.565. The highest BCUT2D eigenvalue weighted by Gasteiger charge is 2.52. The molecule has 2 amide bonds. The number of carbonyl (C=O) groups excluding carboxylic acids is 3. The fourth-order valence-electron chi connectivity index (χ4n) is 4.72. The van der Waals surface area contributed by atoms with E-state index in [-0.39, 0.29) is 5.91 Å². The summed E-state index contributed by atoms with van der Waals surface area (Å²) in [5.41, 5.74) is 1.10. The van der Waals surface area contributed by atoms with Gasteiger partial charge in [-0.05, 0) is 43.5 Å². The van der Waals surface area contributed by atoms with E-state index in [9.17, 15) is 22.8 Å². The number of para-hydroxylation sites is 3. The van der Waals surface area contributed by atoms with Crippen molar-refractivity contribution < 1.29 is 27.5 Å². The normalized spacial score (nSPS) is 16.6. The van der Waals surface area contributed by atoms with Crippen molar-refractivity contribution in [3.63, 3.8) is 0 Å². The summed E-state index contributed by atoms with van der Waals surface area (Å²) in [5.74, 6) is -1.64. The molecule has 0 atom stereocenters. The van der Waals surface area contributed by atoms with Gasteiger partial charge in [0.1, 0.15) is 12.1 Å². The van der Waals surface area contributed by atoms with Gasteiger partial charge in [-0.2, -0.15) is 0 Å². The van der Waals surface area contributed by atoms with Gasteiger partial charge >= 0.3 is 5.97 Å². The lowest BCUT2D eigenvalue weighted by molar-refractivity contribution is -0.146. The van der Waals surface area contributed by atoms with Crippen LogP contribution in [0.3, 0.4) is 0 Å². The second kappa shape index (κ2) is 9.09. The van der Waals surface area contributed by atoms with Gasteiger partial charge in [-0.1, -0.05) is 43.2 Å². The molecule has 1 N–H and O–H groups in total. The van der Waals surface area contributed by atoms with E-state index >= 15 is 0 Å². The molecular formula is C24H27N3O6S. The first kappa shape index (κ1) is 23.7. The van der Waals surface area contributed by atoms with E-state index in [2.05, 4.69) is 5.32 Å². The van der Waals surface area contributed by atoms with E-state index in [1.807, 2.05) is 0 Å². The molecular weight excluding hydrogens is 458 g/mol. The molecule has 0 aromatic heterocycles. The molecule has 0 saturated heterocycles. The Kier molecular flexibility index (Phi) is 6.35. The van der Waals surface area contributed by atoms with E-state index in [1.54, 1.807) is 55.5 Å². The zero-order valence-electron chi connectivity index (χ0n) is 19.1. The number of fused-ring (bicyclic) bond motifs is 1. The molecule has 1 saturated carbocycles. The van der Waals surface area contributed by atoms with Crippen LogP contribution in [-0.4, -0.2) is 51.1 Å². The first-order valence-corrected chi connectivity index (χ1v) is 12.9. The number of rotatable bonds is 6. The molecule has 2 aromatic carbocycles. The molecule has 1 aliphatic carbocycles. The standard InChI is InChI=1S/C24H27N3O6S/c1-17-9-3-5-11-19(17)26(34(2,31)32)15-22(29)33-16-21(28)27-20-12-6-4-10-18(20)25-23(30)24(27)13-7-8-14-24/h3-6,9-12H,7-8,13-16H2,1-2H3,(H,25,30). The summed E-state index contributed by atoms with van der Waals surface area (Å²) < 4.78 is 30.9. The van der Waals surface area contributed by atoms with Crippen LogP contribution in [-0.2, 0) is 29.1 Å². The van der Waals surface area contributed by atoms with Crippen molar-refractivity contribution in [2.24, 2.45) is 0 Å². The summed E-state index contributed by atoms with van der Waals surface area (Å²) in [5, 5.41) is 2.89. The van der Waals surface area contributed by atoms with Crippen molar-refractivity contribution in [2.75, 3.05) is 33.9 Å². The van der Waals surface area contributed by atoms with Crippen LogP contribution in [0, 0.1) is 6.92 Å². The Hall–Kier alpha value is -3.40. The number of sulfonamides is 1. The minimum absolute atomic E-state index is 0.244. The quantitative estimate of drug-likeness (QED) is 0.630. The Labute approximate surface area is 198 Å². The number of esters is 1. The molecule has 0 unspecified atom stereocenters. The number of amides is 2. The Morgan fingerprint density at radius 3 is 2.41 bits per heavy atom. The lowest BCUT2D eigenvalue weighted by Gasteiger charge is -2.44. The summed E-state index contributed by atoms with van der Waals surface area (Å²) in [6.07, 6.45) is 3.65. The van der Waals surface area contributed by atoms with Gasteiger partial charge in [-0.3, -0.25) is 23.6 Å². The maximum absolute atomic E-state index is 13.3. The zero-order valence-corrected chi connectivity index (χ0v) is 19.9. The summed E-state index contributed by atoms with van der Waals surface area (Å²) >= 11 is 0. The third-order valence-corrected chi connectivity index (χ3v) is 7.46. The maximum atomic E-state index is 13.3. The second-order valence-electron chi connectivity index (χ2n) is 8.66. The van der Waals surface area contributed by atoms with Gasteiger partial charge in [0.25, 0.3) is 11.8 Å². The monoisotopic (exact) mass is 485 g/mol. The third-order valence-electron chi connectivity index (χ3n) is 6.34. The third kappa shape index (κ3) is 4.37. The largest absolute Gasteiger partial charge is 0.454 e. The van der Waals surface area contributed by atoms with Crippen LogP contribution in [0.25, 0.3) is 0 Å². The minimum Gasteiger partial charge on any atom is -0.454 e. The van der Waals surface area contributed by atoms with Crippen LogP contribution in [0.1, 0.15) is 31.2 Å². The Balaban J connectivity index is 1.53. The topological polar surface area (TPSA) is 113 Å². The van der Waals surface area contributed by atoms with Gasteiger partial charge in [0.2, 0.25) is 10.0 Å². The number of benzene rings is 2. The first-order chi connectivity index (χ1) is 16.1. The van der Waals surface area contributed by atoms with Crippen molar-refractivity contribution in [2.45, 2.75) is 38.1 Å². The van der Waals surface area contributed by atoms with Crippen molar-refractivity contribution >= 4 is 44.9 Å². The lowest BCUT2D eigenvalue weighted by atomic mass is 9.90. The van der Waals surface area contributed by atoms with Crippen LogP contribution >= 0.6 is 0 Å². The second-order valence-corrected chi connectivity index (χ2v) is 10.6. The number of carbonyl (C=O) groups is 3. The first-order valence-electron chi connectivity index (χ1n) is 11.1. The van der Waals surface area contributed by atoms with E-state index in [1.165, 1.54) is 4.90 Å². The molecule has 10 heteroatoms. The van der Waals surface area contributed by atoms with Crippen LogP contribution < -0.4 is 14.5 Å². The molecule has 4 rings (SSSR count). The SMILES string of the molecule is Cc1ccccc1N(CC(=O)OCC(=O)N1c2ccccc2NC(=O)C12CCCC2)S(C)(=O)=O. The predicted octanol–water partition coefficient (Wildman–Crippen LogP) is 2.60. The maximum Gasteiger partial charge on any atom is 0.327 e. The Morgan fingerprint density at radius 1 is 1.09 bits per heavy atom. The van der Waals surface area contributed by atoms with Gasteiger partial charge in [0, 0.05) is 0 Å². The molecule has 34 heavy (non-hydrogen) atoms. The molecule has 1 aliphatic heterocycles. The van der Waals surface area contributed by atoms with Gasteiger partial charge in [0.15, 0.2) is 6.61 Å². The average molecular weight is 486 g/mol. The van der Waals surface area contributed by atoms with Crippen LogP contribution in [0.15, 0.2) is 48.5 Å². The van der Waals surface area contributed by atoms with E-state index in [0.717, 1.165) is 23.4 Å². The lowest BCUT2D eigenvalue weighted by Crippen LogP contribution is -2.61. The molecule has 180 valence electrons. The summed E-state index contributed by atoms with van der Waals surface area (Å²) in [6, 6.07) is 13.8. The number of ether oxygens (including phenoxy) is 1. The molecule has 2 aromatic rings. The van der Waals surface area contributed by atoms with Gasteiger partial charge in [0.05, 0.1) is 23.3 Å². The number of hydrogen-bond acceptors (Lipinski definition) is 6. The molecule has 9 nitrogen and oxygen atoms in total. The van der Waals surface area contributed by atoms with Crippen LogP contribution in [0.2, 0.25) is 0 Å². The van der Waals surface area contributed by atoms with E-state index in [4.69, 9.17) is 4.74 Å². The summed E-state index contributed by atoms with van der Waals surface area (Å²) in [7, 11) is -3.78. The van der Waals surface area contributed by atoms with Crippen LogP contribution in [0.4, 0.5) is 17.1 Å². The van der Waals surface area contributed by atoms with E-state index < -0.39 is 40.6 Å². The number of nitrogens with one attached hydrogen (secondary N) is 1. The highest BCUT2D eigenvalue weighted by molar-refractivity contribution is 7.92. The predicted molar refractivity (Wildman–Crippen MR) is 128 cm³/mol. The Morgan fingerprint density at radius 2 is 1.74 bits per heavy atom. The molecule has 0 bridgehead atoms. The minimum atomic E-state index is -3.78. The highest BCUT2D eigenvalue weighted by atomic mass is 32.2. The van der Waals surface area contributed by atoms with Gasteiger partial charge < -0.3 is 10.1 Å². The molecule has 2 aliphatic rings. The molecule has 1 heterocycles. The summed E-state index contributed by atoms with van der Waals surface area (Å²) in [4.78, 5) is 40.4. The Bertz CT molecular complexity index is 1240. The fourth-order valence-corrected chi connectivity index (χ4v) is 5.62. The average Bonchev–Trinajstić information content (AvgIpc) is 3.27. The fraction of sp³-hybridized carbons (Fsp3) is 0.375. The number of hydrogen-bond donors (Lipinski definition) is 1. The smallest absolute Gasteiger partial charge is 0.327 e.